The summed E-state index contributed by atoms with van der Waals surface area (Å²) in [5.41, 5.74) is 1.44. The molecule has 30 heavy (non-hydrogen) atoms. The summed E-state index contributed by atoms with van der Waals surface area (Å²) < 4.78 is 21.2. The molecule has 0 bridgehead atoms. The number of hydrogen-bond donors (Lipinski definition) is 1. The van der Waals surface area contributed by atoms with Gasteiger partial charge < -0.3 is 14.0 Å². The molecule has 0 aliphatic heterocycles. The Labute approximate surface area is 178 Å². The van der Waals surface area contributed by atoms with Gasteiger partial charge in [-0.25, -0.2) is 14.2 Å². The van der Waals surface area contributed by atoms with Crippen molar-refractivity contribution in [2.75, 3.05) is 0 Å². The third kappa shape index (κ3) is 3.70. The first-order chi connectivity index (χ1) is 14.4. The monoisotopic (exact) mass is 445 g/mol. The molecular weight excluding hydrogens is 436 g/mol. The fraction of sp³-hybridized carbons (Fsp3) is 0.105. The molecule has 4 aromatic rings. The van der Waals surface area contributed by atoms with E-state index in [1.165, 1.54) is 12.1 Å². The molecule has 0 aliphatic carbocycles. The normalized spacial score (nSPS) is 11.0. The maximum absolute atomic E-state index is 14.4. The summed E-state index contributed by atoms with van der Waals surface area (Å²) in [6.07, 6.45) is 2.92. The Morgan fingerprint density at radius 3 is 2.77 bits per heavy atom. The molecular formula is C19H10Cl2FN5O3. The lowest BCUT2D eigenvalue weighted by molar-refractivity contribution is -0.136. The van der Waals surface area contributed by atoms with Gasteiger partial charge in [-0.2, -0.15) is 4.98 Å². The number of carboxylic acid groups (broad SMARTS) is 1. The molecule has 0 amide bonds. The zero-order valence-corrected chi connectivity index (χ0v) is 16.4. The molecule has 0 radical (unpaired) electrons. The fourth-order valence-corrected chi connectivity index (χ4v) is 3.36. The van der Waals surface area contributed by atoms with E-state index in [4.69, 9.17) is 39.4 Å². The second-order valence-corrected chi connectivity index (χ2v) is 7.07. The summed E-state index contributed by atoms with van der Waals surface area (Å²) in [4.78, 5) is 22.6. The Morgan fingerprint density at radius 2 is 2.03 bits per heavy atom. The van der Waals surface area contributed by atoms with Crippen LogP contribution in [0.2, 0.25) is 10.0 Å². The summed E-state index contributed by atoms with van der Waals surface area (Å²) in [6, 6.07) is 3.98. The topological polar surface area (TPSA) is 97.9 Å². The van der Waals surface area contributed by atoms with Gasteiger partial charge in [-0.3, -0.25) is 4.79 Å². The summed E-state index contributed by atoms with van der Waals surface area (Å²) in [5, 5.41) is 13.0. The van der Waals surface area contributed by atoms with E-state index in [0.717, 1.165) is 6.07 Å². The molecule has 0 fully saturated rings. The zero-order chi connectivity index (χ0) is 21.4. The first-order valence-corrected chi connectivity index (χ1v) is 9.21. The molecule has 0 saturated heterocycles. The minimum Gasteiger partial charge on any atom is -0.481 e. The van der Waals surface area contributed by atoms with E-state index in [1.54, 1.807) is 16.8 Å². The van der Waals surface area contributed by atoms with Crippen LogP contribution in [0.3, 0.4) is 0 Å². The fourth-order valence-electron chi connectivity index (χ4n) is 2.84. The molecule has 0 spiro atoms. The molecule has 4 rings (SSSR count). The average molecular weight is 446 g/mol. The molecule has 0 saturated carbocycles. The molecule has 8 nitrogen and oxygen atoms in total. The van der Waals surface area contributed by atoms with Gasteiger partial charge in [0.25, 0.3) is 5.89 Å². The Kier molecular flexibility index (Phi) is 5.11. The number of nitrogens with zero attached hydrogens (tertiary/aromatic N) is 5. The second kappa shape index (κ2) is 7.74. The predicted octanol–water partition coefficient (Wildman–Crippen LogP) is 5.07. The Balaban J connectivity index is 1.69. The third-order valence-corrected chi connectivity index (χ3v) is 4.84. The first-order valence-electron chi connectivity index (χ1n) is 8.45. The zero-order valence-electron chi connectivity index (χ0n) is 14.9. The van der Waals surface area contributed by atoms with Crippen LogP contribution in [-0.4, -0.2) is 30.6 Å². The summed E-state index contributed by atoms with van der Waals surface area (Å²) in [6.45, 7) is 7.10. The number of benzene rings is 1. The number of hydrogen-bond acceptors (Lipinski definition) is 5. The number of rotatable bonds is 5. The van der Waals surface area contributed by atoms with E-state index in [1.807, 2.05) is 0 Å². The van der Waals surface area contributed by atoms with Crippen molar-refractivity contribution in [1.29, 1.82) is 0 Å². The number of aliphatic carboxylic acids is 1. The molecule has 1 aromatic carbocycles. The van der Waals surface area contributed by atoms with Gasteiger partial charge in [-0.1, -0.05) is 28.4 Å². The minimum absolute atomic E-state index is 0.00720. The summed E-state index contributed by atoms with van der Waals surface area (Å²) in [5.74, 6) is -1.55. The van der Waals surface area contributed by atoms with E-state index >= 15 is 0 Å². The van der Waals surface area contributed by atoms with Crippen molar-refractivity contribution in [3.05, 3.63) is 63.4 Å². The van der Waals surface area contributed by atoms with Gasteiger partial charge in [0, 0.05) is 24.4 Å². The number of halogens is 3. The number of fused-ring (bicyclic) bond motifs is 1. The van der Waals surface area contributed by atoms with E-state index < -0.39 is 11.8 Å². The number of aromatic nitrogens is 4. The highest BCUT2D eigenvalue weighted by Crippen LogP contribution is 2.31. The largest absolute Gasteiger partial charge is 0.481 e. The highest BCUT2D eigenvalue weighted by molar-refractivity contribution is 6.34. The van der Waals surface area contributed by atoms with Crippen molar-refractivity contribution in [1.82, 2.24) is 19.5 Å². The van der Waals surface area contributed by atoms with Crippen LogP contribution >= 0.6 is 23.2 Å². The molecule has 0 aliphatic rings. The standard InChI is InChI=1S/C19H10Cl2FN5O3/c1-23-10-5-13(21)18-24-15(8-27(18)7-10)19-25-17(26-30-19)11-6-14(22)9(4-12(11)20)2-3-16(28)29/h4-8H,2-3H2,(H,28,29). The Bertz CT molecular complexity index is 1340. The van der Waals surface area contributed by atoms with E-state index in [0.29, 0.717) is 17.0 Å². The van der Waals surface area contributed by atoms with Crippen molar-refractivity contribution in [2.24, 2.45) is 0 Å². The number of imidazole rings is 1. The van der Waals surface area contributed by atoms with Gasteiger partial charge in [-0.05, 0) is 30.2 Å². The van der Waals surface area contributed by atoms with E-state index in [-0.39, 0.29) is 45.7 Å². The maximum atomic E-state index is 14.4. The van der Waals surface area contributed by atoms with Crippen LogP contribution in [0.4, 0.5) is 10.1 Å². The highest BCUT2D eigenvalue weighted by Gasteiger charge is 2.19. The number of carboxylic acids is 1. The Morgan fingerprint density at radius 1 is 1.23 bits per heavy atom. The van der Waals surface area contributed by atoms with Crippen molar-refractivity contribution >= 4 is 40.5 Å². The quantitative estimate of drug-likeness (QED) is 0.430. The van der Waals surface area contributed by atoms with Crippen LogP contribution in [0.1, 0.15) is 12.0 Å². The average Bonchev–Trinajstić information content (AvgIpc) is 3.35. The van der Waals surface area contributed by atoms with Crippen LogP contribution in [-0.2, 0) is 11.2 Å². The van der Waals surface area contributed by atoms with E-state index in [2.05, 4.69) is 20.0 Å². The van der Waals surface area contributed by atoms with Gasteiger partial charge in [0.15, 0.2) is 5.65 Å². The van der Waals surface area contributed by atoms with Gasteiger partial charge in [0.2, 0.25) is 11.5 Å². The van der Waals surface area contributed by atoms with Crippen LogP contribution in [0.5, 0.6) is 0 Å². The molecule has 150 valence electrons. The Hall–Kier alpha value is -3.48. The molecule has 3 aromatic heterocycles. The SMILES string of the molecule is [C-]#[N+]c1cc(Cl)c2nc(-c3nc(-c4cc(F)c(CCC(=O)O)cc4Cl)no3)cn2c1. The lowest BCUT2D eigenvalue weighted by Crippen LogP contribution is -2.00. The molecule has 1 N–H and O–H groups in total. The molecule has 0 unspecified atom stereocenters. The van der Waals surface area contributed by atoms with Gasteiger partial charge >= 0.3 is 5.97 Å². The van der Waals surface area contributed by atoms with Gasteiger partial charge in [-0.15, -0.1) is 0 Å². The summed E-state index contributed by atoms with van der Waals surface area (Å²) in [7, 11) is 0. The first kappa shape index (κ1) is 19.8. The molecule has 3 heterocycles. The van der Waals surface area contributed by atoms with E-state index in [9.17, 15) is 9.18 Å². The number of aryl methyl sites for hydroxylation is 1. The van der Waals surface area contributed by atoms with Crippen molar-refractivity contribution < 1.29 is 18.8 Å². The van der Waals surface area contributed by atoms with Crippen LogP contribution in [0, 0.1) is 12.4 Å². The van der Waals surface area contributed by atoms with Crippen molar-refractivity contribution in [3.8, 4) is 23.0 Å². The molecule has 11 heteroatoms. The van der Waals surface area contributed by atoms with Crippen molar-refractivity contribution in [2.45, 2.75) is 12.8 Å². The van der Waals surface area contributed by atoms with Crippen LogP contribution in [0.15, 0.2) is 35.1 Å². The van der Waals surface area contributed by atoms with Gasteiger partial charge in [0.05, 0.1) is 16.6 Å². The molecule has 0 atom stereocenters. The maximum Gasteiger partial charge on any atom is 0.303 e. The number of carbonyl (C=O) groups is 1. The van der Waals surface area contributed by atoms with Crippen LogP contribution in [0.25, 0.3) is 33.5 Å². The lowest BCUT2D eigenvalue weighted by atomic mass is 10.1. The highest BCUT2D eigenvalue weighted by atomic mass is 35.5. The smallest absolute Gasteiger partial charge is 0.303 e. The third-order valence-electron chi connectivity index (χ3n) is 4.25. The number of pyridine rings is 1. The van der Waals surface area contributed by atoms with Crippen molar-refractivity contribution in [3.63, 3.8) is 0 Å². The second-order valence-electron chi connectivity index (χ2n) is 6.26. The lowest BCUT2D eigenvalue weighted by Gasteiger charge is -2.05. The van der Waals surface area contributed by atoms with Gasteiger partial charge in [0.1, 0.15) is 11.5 Å². The predicted molar refractivity (Wildman–Crippen MR) is 106 cm³/mol. The summed E-state index contributed by atoms with van der Waals surface area (Å²) >= 11 is 12.4. The minimum atomic E-state index is -1.03. The van der Waals surface area contributed by atoms with Crippen LogP contribution < -0.4 is 0 Å².